The van der Waals surface area contributed by atoms with Crippen LogP contribution in [0, 0.1) is 19.8 Å². The zero-order valence-electron chi connectivity index (χ0n) is 19.5. The SMILES string of the molecule is C=C(C)/C(=C\C(=C/C)NC(=O)C1C(c2cc(C)cc(Cl)c2)C1(F)F)C(=O)Nc1ccc(C)cc1. The summed E-state index contributed by atoms with van der Waals surface area (Å²) in [6, 6.07) is 12.0. The van der Waals surface area contributed by atoms with Gasteiger partial charge in [0.2, 0.25) is 5.91 Å². The Kier molecular flexibility index (Phi) is 7.41. The van der Waals surface area contributed by atoms with Gasteiger partial charge in [-0.05, 0) is 74.7 Å². The molecule has 178 valence electrons. The highest BCUT2D eigenvalue weighted by Crippen LogP contribution is 2.62. The van der Waals surface area contributed by atoms with E-state index in [4.69, 9.17) is 11.6 Å². The summed E-state index contributed by atoms with van der Waals surface area (Å²) in [5, 5.41) is 5.66. The van der Waals surface area contributed by atoms with Crippen molar-refractivity contribution < 1.29 is 18.4 Å². The molecule has 0 bridgehead atoms. The Morgan fingerprint density at radius 3 is 2.29 bits per heavy atom. The molecule has 4 nitrogen and oxygen atoms in total. The van der Waals surface area contributed by atoms with Gasteiger partial charge in [-0.3, -0.25) is 9.59 Å². The second-order valence-electron chi connectivity index (χ2n) is 8.58. The number of benzene rings is 2. The van der Waals surface area contributed by atoms with Crippen LogP contribution >= 0.6 is 11.6 Å². The number of amides is 2. The van der Waals surface area contributed by atoms with Crippen LogP contribution in [0.5, 0.6) is 0 Å². The largest absolute Gasteiger partial charge is 0.326 e. The van der Waals surface area contributed by atoms with Gasteiger partial charge in [-0.2, -0.15) is 0 Å². The van der Waals surface area contributed by atoms with Crippen LogP contribution in [0.4, 0.5) is 14.5 Å². The smallest absolute Gasteiger partial charge is 0.268 e. The maximum absolute atomic E-state index is 14.6. The third-order valence-corrected chi connectivity index (χ3v) is 5.87. The van der Waals surface area contributed by atoms with Crippen molar-refractivity contribution in [3.8, 4) is 0 Å². The van der Waals surface area contributed by atoms with E-state index in [0.29, 0.717) is 21.8 Å². The van der Waals surface area contributed by atoms with Gasteiger partial charge in [-0.25, -0.2) is 8.78 Å². The minimum Gasteiger partial charge on any atom is -0.326 e. The molecule has 0 spiro atoms. The molecule has 0 aromatic heterocycles. The maximum atomic E-state index is 14.6. The summed E-state index contributed by atoms with van der Waals surface area (Å²) in [7, 11) is 0. The lowest BCUT2D eigenvalue weighted by molar-refractivity contribution is -0.123. The van der Waals surface area contributed by atoms with Crippen molar-refractivity contribution in [1.29, 1.82) is 0 Å². The maximum Gasteiger partial charge on any atom is 0.268 e. The number of halogens is 3. The van der Waals surface area contributed by atoms with Crippen LogP contribution in [-0.2, 0) is 9.59 Å². The minimum atomic E-state index is -3.19. The molecule has 2 N–H and O–H groups in total. The van der Waals surface area contributed by atoms with Crippen LogP contribution in [-0.4, -0.2) is 17.7 Å². The average molecular weight is 485 g/mol. The summed E-state index contributed by atoms with van der Waals surface area (Å²) in [6.45, 7) is 10.8. The van der Waals surface area contributed by atoms with Crippen molar-refractivity contribution in [2.75, 3.05) is 5.32 Å². The monoisotopic (exact) mass is 484 g/mol. The molecule has 7 heteroatoms. The number of alkyl halides is 2. The Balaban J connectivity index is 1.77. The molecule has 0 saturated heterocycles. The topological polar surface area (TPSA) is 58.2 Å². The van der Waals surface area contributed by atoms with Crippen LogP contribution in [0.3, 0.4) is 0 Å². The summed E-state index contributed by atoms with van der Waals surface area (Å²) in [4.78, 5) is 25.6. The van der Waals surface area contributed by atoms with E-state index in [9.17, 15) is 18.4 Å². The number of hydrogen-bond acceptors (Lipinski definition) is 2. The van der Waals surface area contributed by atoms with E-state index >= 15 is 0 Å². The van der Waals surface area contributed by atoms with Gasteiger partial charge in [0.1, 0.15) is 5.92 Å². The lowest BCUT2D eigenvalue weighted by atomic mass is 10.1. The molecule has 3 rings (SSSR count). The number of carbonyl (C=O) groups is 2. The van der Waals surface area contributed by atoms with Crippen molar-refractivity contribution in [3.05, 3.63) is 99.8 Å². The molecule has 2 amide bonds. The Morgan fingerprint density at radius 1 is 1.09 bits per heavy atom. The van der Waals surface area contributed by atoms with Gasteiger partial charge < -0.3 is 10.6 Å². The highest BCUT2D eigenvalue weighted by Gasteiger charge is 2.72. The minimum absolute atomic E-state index is 0.221. The number of hydrogen-bond donors (Lipinski definition) is 2. The molecule has 34 heavy (non-hydrogen) atoms. The fourth-order valence-corrected chi connectivity index (χ4v) is 4.09. The molecule has 2 unspecified atom stereocenters. The van der Waals surface area contributed by atoms with E-state index < -0.39 is 29.6 Å². The predicted molar refractivity (Wildman–Crippen MR) is 132 cm³/mol. The Bertz CT molecular complexity index is 1180. The molecule has 2 aromatic carbocycles. The predicted octanol–water partition coefficient (Wildman–Crippen LogP) is 6.47. The van der Waals surface area contributed by atoms with E-state index in [1.807, 2.05) is 19.1 Å². The fraction of sp³-hybridized carbons (Fsp3) is 0.259. The fourth-order valence-electron chi connectivity index (χ4n) is 3.80. The first kappa shape index (κ1) is 25.4. The Labute approximate surface area is 203 Å². The molecule has 1 aliphatic carbocycles. The Hall–Kier alpha value is -3.25. The number of rotatable bonds is 7. The molecular weight excluding hydrogens is 458 g/mol. The summed E-state index contributed by atoms with van der Waals surface area (Å²) >= 11 is 6.02. The number of aryl methyl sites for hydroxylation is 2. The molecule has 1 fully saturated rings. The third kappa shape index (κ3) is 5.62. The summed E-state index contributed by atoms with van der Waals surface area (Å²) < 4.78 is 29.2. The highest BCUT2D eigenvalue weighted by molar-refractivity contribution is 6.30. The molecular formula is C27H27ClF2N2O2. The number of nitrogens with one attached hydrogen (secondary N) is 2. The molecule has 0 aliphatic heterocycles. The molecule has 1 aliphatic rings. The quantitative estimate of drug-likeness (QED) is 0.349. The third-order valence-electron chi connectivity index (χ3n) is 5.65. The van der Waals surface area contributed by atoms with E-state index in [0.717, 1.165) is 11.1 Å². The second kappa shape index (κ2) is 9.94. The van der Waals surface area contributed by atoms with Gasteiger partial charge in [0.15, 0.2) is 0 Å². The van der Waals surface area contributed by atoms with Gasteiger partial charge in [0.05, 0.1) is 5.92 Å². The first-order valence-corrected chi connectivity index (χ1v) is 11.2. The van der Waals surface area contributed by atoms with Gasteiger partial charge in [0.25, 0.3) is 11.8 Å². The van der Waals surface area contributed by atoms with Crippen molar-refractivity contribution in [3.63, 3.8) is 0 Å². The second-order valence-corrected chi connectivity index (χ2v) is 9.02. The van der Waals surface area contributed by atoms with E-state index in [1.54, 1.807) is 51.1 Å². The Morgan fingerprint density at radius 2 is 1.74 bits per heavy atom. The molecule has 0 radical (unpaired) electrons. The van der Waals surface area contributed by atoms with Gasteiger partial charge in [-0.1, -0.05) is 48.0 Å². The molecule has 1 saturated carbocycles. The summed E-state index contributed by atoms with van der Waals surface area (Å²) in [5.74, 6) is -7.21. The lowest BCUT2D eigenvalue weighted by Crippen LogP contribution is -2.27. The molecule has 2 atom stereocenters. The van der Waals surface area contributed by atoms with Gasteiger partial charge in [0, 0.05) is 22.0 Å². The normalized spacial score (nSPS) is 19.4. The van der Waals surface area contributed by atoms with Crippen molar-refractivity contribution in [2.45, 2.75) is 39.5 Å². The summed E-state index contributed by atoms with van der Waals surface area (Å²) in [5.41, 5.74) is 3.63. The lowest BCUT2D eigenvalue weighted by Gasteiger charge is -2.12. The van der Waals surface area contributed by atoms with E-state index in [2.05, 4.69) is 17.2 Å². The van der Waals surface area contributed by atoms with Crippen LogP contribution in [0.25, 0.3) is 0 Å². The molecule has 2 aromatic rings. The first-order valence-electron chi connectivity index (χ1n) is 10.8. The zero-order chi connectivity index (χ0) is 25.2. The van der Waals surface area contributed by atoms with Crippen molar-refractivity contribution in [1.82, 2.24) is 5.32 Å². The van der Waals surface area contributed by atoms with E-state index in [-0.39, 0.29) is 11.3 Å². The van der Waals surface area contributed by atoms with Gasteiger partial charge >= 0.3 is 0 Å². The average Bonchev–Trinajstić information content (AvgIpc) is 3.33. The summed E-state index contributed by atoms with van der Waals surface area (Å²) in [6.07, 6.45) is 2.97. The van der Waals surface area contributed by atoms with Crippen LogP contribution < -0.4 is 10.6 Å². The standard InChI is InChI=1S/C27H27ClF2N2O2/c1-6-20(14-22(15(2)3)25(33)32-21-9-7-16(4)8-10-21)31-26(34)24-23(27(24,29)30)18-11-17(5)12-19(28)13-18/h6-14,23-24H,2H2,1,3-5H3,(H,31,34)(H,32,33)/b20-6+,22-14+. The molecule has 0 heterocycles. The van der Waals surface area contributed by atoms with Crippen LogP contribution in [0.2, 0.25) is 5.02 Å². The van der Waals surface area contributed by atoms with E-state index in [1.165, 1.54) is 12.1 Å². The van der Waals surface area contributed by atoms with Crippen LogP contribution in [0.15, 0.2) is 78.0 Å². The number of carbonyl (C=O) groups excluding carboxylic acids is 2. The van der Waals surface area contributed by atoms with Crippen molar-refractivity contribution in [2.24, 2.45) is 5.92 Å². The van der Waals surface area contributed by atoms with Gasteiger partial charge in [-0.15, -0.1) is 0 Å². The number of allylic oxidation sites excluding steroid dienone is 2. The number of anilines is 1. The zero-order valence-corrected chi connectivity index (χ0v) is 20.3. The van der Waals surface area contributed by atoms with Crippen LogP contribution in [0.1, 0.15) is 36.5 Å². The first-order chi connectivity index (χ1) is 15.9. The highest BCUT2D eigenvalue weighted by atomic mass is 35.5. The van der Waals surface area contributed by atoms with Crippen molar-refractivity contribution >= 4 is 29.1 Å².